The van der Waals surface area contributed by atoms with Crippen LogP contribution in [0.15, 0.2) is 42.9 Å². The molecule has 0 unspecified atom stereocenters. The summed E-state index contributed by atoms with van der Waals surface area (Å²) in [5.74, 6) is -0.548. The first-order valence-electron chi connectivity index (χ1n) is 7.42. The molecule has 0 aliphatic heterocycles. The van der Waals surface area contributed by atoms with Gasteiger partial charge in [-0.25, -0.2) is 9.37 Å². The molecule has 0 radical (unpaired) electrons. The molecule has 4 N–H and O–H groups in total. The Balaban J connectivity index is 1.83. The number of aryl methyl sites for hydroxylation is 1. The van der Waals surface area contributed by atoms with E-state index in [1.807, 2.05) is 0 Å². The number of amides is 1. The van der Waals surface area contributed by atoms with Crippen LogP contribution in [0.1, 0.15) is 15.9 Å². The van der Waals surface area contributed by atoms with E-state index < -0.39 is 5.91 Å². The van der Waals surface area contributed by atoms with Crippen molar-refractivity contribution in [3.63, 3.8) is 0 Å². The van der Waals surface area contributed by atoms with Gasteiger partial charge in [-0.05, 0) is 6.07 Å². The molecule has 25 heavy (non-hydrogen) atoms. The number of halogens is 1. The van der Waals surface area contributed by atoms with Crippen LogP contribution in [0.5, 0.6) is 0 Å². The van der Waals surface area contributed by atoms with Crippen molar-refractivity contribution in [3.8, 4) is 0 Å². The molecule has 0 saturated carbocycles. The second-order valence-corrected chi connectivity index (χ2v) is 5.29. The van der Waals surface area contributed by atoms with E-state index >= 15 is 0 Å². The maximum atomic E-state index is 13.7. The summed E-state index contributed by atoms with van der Waals surface area (Å²) in [6, 6.07) is 6.34. The third-order valence-corrected chi connectivity index (χ3v) is 3.42. The molecule has 1 amide bonds. The molecular weight excluding hydrogens is 325 g/mol. The summed E-state index contributed by atoms with van der Waals surface area (Å²) in [5.41, 5.74) is 6.60. The lowest BCUT2D eigenvalue weighted by Gasteiger charge is -2.11. The van der Waals surface area contributed by atoms with Crippen molar-refractivity contribution < 1.29 is 9.18 Å². The average Bonchev–Trinajstić information content (AvgIpc) is 2.99. The molecule has 9 heteroatoms. The zero-order chi connectivity index (χ0) is 17.8. The highest BCUT2D eigenvalue weighted by atomic mass is 19.1. The number of carbonyl (C=O) groups is 1. The van der Waals surface area contributed by atoms with Gasteiger partial charge >= 0.3 is 0 Å². The Morgan fingerprint density at radius 1 is 1.32 bits per heavy atom. The van der Waals surface area contributed by atoms with Crippen molar-refractivity contribution in [3.05, 3.63) is 59.8 Å². The molecule has 0 bridgehead atoms. The van der Waals surface area contributed by atoms with E-state index in [1.165, 1.54) is 12.3 Å². The van der Waals surface area contributed by atoms with Gasteiger partial charge in [0.05, 0.1) is 17.4 Å². The van der Waals surface area contributed by atoms with Gasteiger partial charge in [0.15, 0.2) is 0 Å². The van der Waals surface area contributed by atoms with Crippen LogP contribution in [0.3, 0.4) is 0 Å². The highest BCUT2D eigenvalue weighted by Gasteiger charge is 2.13. The minimum atomic E-state index is -0.677. The normalized spacial score (nSPS) is 10.5. The SMILES string of the molecule is Cn1cc(Nc2ncc(C(N)=O)c(NCc3ccccc3F)n2)cn1. The largest absolute Gasteiger partial charge is 0.365 e. The summed E-state index contributed by atoms with van der Waals surface area (Å²) < 4.78 is 15.4. The summed E-state index contributed by atoms with van der Waals surface area (Å²) in [6.45, 7) is 0.149. The van der Waals surface area contributed by atoms with E-state index in [4.69, 9.17) is 5.73 Å². The van der Waals surface area contributed by atoms with E-state index in [9.17, 15) is 9.18 Å². The van der Waals surface area contributed by atoms with Crippen molar-refractivity contribution >= 4 is 23.4 Å². The van der Waals surface area contributed by atoms with Gasteiger partial charge in [0.1, 0.15) is 11.6 Å². The minimum absolute atomic E-state index is 0.119. The minimum Gasteiger partial charge on any atom is -0.365 e. The molecule has 0 aliphatic rings. The van der Waals surface area contributed by atoms with Crippen molar-refractivity contribution in [2.75, 3.05) is 10.6 Å². The number of hydrogen-bond donors (Lipinski definition) is 3. The first-order valence-corrected chi connectivity index (χ1v) is 7.42. The van der Waals surface area contributed by atoms with Gasteiger partial charge in [-0.2, -0.15) is 10.1 Å². The monoisotopic (exact) mass is 341 g/mol. The fraction of sp³-hybridized carbons (Fsp3) is 0.125. The van der Waals surface area contributed by atoms with E-state index in [-0.39, 0.29) is 29.7 Å². The van der Waals surface area contributed by atoms with Crippen LogP contribution in [0.25, 0.3) is 0 Å². The molecule has 8 nitrogen and oxygen atoms in total. The van der Waals surface area contributed by atoms with Crippen molar-refractivity contribution in [2.45, 2.75) is 6.54 Å². The van der Waals surface area contributed by atoms with E-state index in [0.29, 0.717) is 11.3 Å². The second-order valence-electron chi connectivity index (χ2n) is 5.29. The summed E-state index contributed by atoms with van der Waals surface area (Å²) >= 11 is 0. The van der Waals surface area contributed by atoms with Crippen molar-refractivity contribution in [1.82, 2.24) is 19.7 Å². The van der Waals surface area contributed by atoms with Crippen LogP contribution in [0, 0.1) is 5.82 Å². The number of carbonyl (C=O) groups excluding carboxylic acids is 1. The molecule has 3 rings (SSSR count). The fourth-order valence-corrected chi connectivity index (χ4v) is 2.19. The maximum Gasteiger partial charge on any atom is 0.254 e. The lowest BCUT2D eigenvalue weighted by atomic mass is 10.2. The van der Waals surface area contributed by atoms with Gasteiger partial charge in [-0.15, -0.1) is 0 Å². The predicted octanol–water partition coefficient (Wildman–Crippen LogP) is 1.80. The number of hydrogen-bond acceptors (Lipinski definition) is 6. The molecule has 2 heterocycles. The molecule has 0 fully saturated rings. The topological polar surface area (TPSA) is 111 Å². The van der Waals surface area contributed by atoms with Crippen LogP contribution in [-0.2, 0) is 13.6 Å². The van der Waals surface area contributed by atoms with Crippen molar-refractivity contribution in [2.24, 2.45) is 12.8 Å². The van der Waals surface area contributed by atoms with Crippen LogP contribution in [0.4, 0.5) is 21.8 Å². The number of anilines is 3. The highest BCUT2D eigenvalue weighted by Crippen LogP contribution is 2.18. The number of nitrogens with one attached hydrogen (secondary N) is 2. The Bertz CT molecular complexity index is 909. The van der Waals surface area contributed by atoms with Crippen LogP contribution < -0.4 is 16.4 Å². The Hall–Kier alpha value is -3.49. The fourth-order valence-electron chi connectivity index (χ4n) is 2.19. The maximum absolute atomic E-state index is 13.7. The second kappa shape index (κ2) is 6.95. The predicted molar refractivity (Wildman–Crippen MR) is 90.8 cm³/mol. The lowest BCUT2D eigenvalue weighted by Crippen LogP contribution is -2.17. The molecular formula is C16H16FN7O. The van der Waals surface area contributed by atoms with Gasteiger partial charge in [-0.3, -0.25) is 9.48 Å². The summed E-state index contributed by atoms with van der Waals surface area (Å²) in [7, 11) is 1.78. The van der Waals surface area contributed by atoms with Gasteiger partial charge in [0.25, 0.3) is 5.91 Å². The molecule has 1 aromatic carbocycles. The number of nitrogens with zero attached hydrogens (tertiary/aromatic N) is 4. The summed E-state index contributed by atoms with van der Waals surface area (Å²) in [5, 5.41) is 9.93. The number of aromatic nitrogens is 4. The molecule has 3 aromatic rings. The lowest BCUT2D eigenvalue weighted by molar-refractivity contribution is 0.100. The third kappa shape index (κ3) is 3.89. The van der Waals surface area contributed by atoms with Gasteiger partial charge < -0.3 is 16.4 Å². The first-order chi connectivity index (χ1) is 12.0. The molecule has 128 valence electrons. The molecule has 0 atom stereocenters. The zero-order valence-corrected chi connectivity index (χ0v) is 13.4. The molecule has 2 aromatic heterocycles. The van der Waals surface area contributed by atoms with Crippen molar-refractivity contribution in [1.29, 1.82) is 0 Å². The third-order valence-electron chi connectivity index (χ3n) is 3.42. The number of nitrogens with two attached hydrogens (primary N) is 1. The Labute approximate surface area is 142 Å². The zero-order valence-electron chi connectivity index (χ0n) is 13.4. The van der Waals surface area contributed by atoms with Gasteiger partial charge in [0.2, 0.25) is 5.95 Å². The Morgan fingerprint density at radius 3 is 2.80 bits per heavy atom. The molecule has 0 saturated heterocycles. The van der Waals surface area contributed by atoms with Gasteiger partial charge in [0, 0.05) is 31.5 Å². The summed E-state index contributed by atoms with van der Waals surface area (Å²) in [4.78, 5) is 19.9. The standard InChI is InChI=1S/C16H16FN7O/c1-24-9-11(7-21-24)22-16-20-8-12(14(18)25)15(23-16)19-6-10-4-2-3-5-13(10)17/h2-5,7-9H,6H2,1H3,(H2,18,25)(H2,19,20,22,23). The summed E-state index contributed by atoms with van der Waals surface area (Å²) in [6.07, 6.45) is 4.67. The highest BCUT2D eigenvalue weighted by molar-refractivity contribution is 5.97. The van der Waals surface area contributed by atoms with Gasteiger partial charge in [-0.1, -0.05) is 18.2 Å². The number of benzene rings is 1. The first kappa shape index (κ1) is 16.4. The van der Waals surface area contributed by atoms with E-state index in [1.54, 1.807) is 42.3 Å². The molecule has 0 aliphatic carbocycles. The Morgan fingerprint density at radius 2 is 2.12 bits per heavy atom. The molecule has 0 spiro atoms. The number of rotatable bonds is 6. The van der Waals surface area contributed by atoms with E-state index in [0.717, 1.165) is 0 Å². The average molecular weight is 341 g/mol. The van der Waals surface area contributed by atoms with Crippen LogP contribution in [0.2, 0.25) is 0 Å². The Kier molecular flexibility index (Phi) is 4.55. The van der Waals surface area contributed by atoms with Crippen LogP contribution in [-0.4, -0.2) is 25.7 Å². The number of primary amides is 1. The quantitative estimate of drug-likeness (QED) is 0.630. The van der Waals surface area contributed by atoms with E-state index in [2.05, 4.69) is 25.7 Å². The smallest absolute Gasteiger partial charge is 0.254 e. The van der Waals surface area contributed by atoms with Crippen LogP contribution >= 0.6 is 0 Å².